The van der Waals surface area contributed by atoms with Crippen molar-refractivity contribution in [3.05, 3.63) is 96.6 Å². The van der Waals surface area contributed by atoms with Gasteiger partial charge in [0.1, 0.15) is 0 Å². The Morgan fingerprint density at radius 1 is 0.758 bits per heavy atom. The number of hydrogen-bond donors (Lipinski definition) is 3. The minimum atomic E-state index is -1.46. The first-order valence-electron chi connectivity index (χ1n) is 10.1. The molecule has 3 N–H and O–H groups in total. The summed E-state index contributed by atoms with van der Waals surface area (Å²) < 4.78 is 8.65. The third kappa shape index (κ3) is 8.17. The summed E-state index contributed by atoms with van der Waals surface area (Å²) in [5.41, 5.74) is 2.80. The van der Waals surface area contributed by atoms with E-state index in [2.05, 4.69) is 10.6 Å². The molecule has 0 fully saturated rings. The van der Waals surface area contributed by atoms with Crippen LogP contribution in [0.1, 0.15) is 5.56 Å². The smallest absolute Gasteiger partial charge is 0.0621 e. The first-order chi connectivity index (χ1) is 16.0. The molecule has 3 aromatic rings. The Morgan fingerprint density at radius 2 is 1.24 bits per heavy atom. The molecular weight excluding hydrogens is 533 g/mol. The summed E-state index contributed by atoms with van der Waals surface area (Å²) in [5, 5.41) is 5.67. The van der Waals surface area contributed by atoms with E-state index in [0.29, 0.717) is 17.1 Å². The average Bonchev–Trinajstić information content (AvgIpc) is 2.83. The summed E-state index contributed by atoms with van der Waals surface area (Å²) in [6, 6.07) is 25.3. The fraction of sp³-hybridized carbons (Fsp3) is 0.0800. The Balaban J connectivity index is 1.73. The summed E-state index contributed by atoms with van der Waals surface area (Å²) in [4.78, 5) is 38.3. The van der Waals surface area contributed by atoms with Crippen molar-refractivity contribution in [2.45, 2.75) is 0 Å². The van der Waals surface area contributed by atoms with Crippen molar-refractivity contribution in [1.29, 1.82) is 0 Å². The molecule has 3 aromatic carbocycles. The number of hydrogen-bond acceptors (Lipinski definition) is 5. The number of amides is 2. The van der Waals surface area contributed by atoms with Crippen LogP contribution in [0, 0.1) is 0 Å². The van der Waals surface area contributed by atoms with Crippen molar-refractivity contribution in [3.8, 4) is 0 Å². The van der Waals surface area contributed by atoms with Gasteiger partial charge in [-0.25, -0.2) is 0 Å². The van der Waals surface area contributed by atoms with E-state index in [1.807, 2.05) is 36.4 Å². The molecule has 170 valence electrons. The predicted molar refractivity (Wildman–Crippen MR) is 125 cm³/mol. The number of anilines is 3. The van der Waals surface area contributed by atoms with Crippen LogP contribution in [0.2, 0.25) is 0 Å². The summed E-state index contributed by atoms with van der Waals surface area (Å²) >= 11 is -1.46. The van der Waals surface area contributed by atoms with E-state index in [1.165, 1.54) is 6.08 Å². The van der Waals surface area contributed by atoms with Gasteiger partial charge in [0.05, 0.1) is 0 Å². The van der Waals surface area contributed by atoms with Gasteiger partial charge in [0.2, 0.25) is 0 Å². The standard InChI is InChI=1S/C25H23IN3O4/c30-23(26-33)16-13-19-11-14-22(15-12-19)29(17-24(31)27-20-7-3-1-4-8-20)18-25(32)28-21-9-5-2-6-10-21/h1-16,33H,17-18H2,(H,27,31)(H,28,32)/q-1/b16-13+. The molecule has 33 heavy (non-hydrogen) atoms. The van der Waals surface area contributed by atoms with E-state index in [4.69, 9.17) is 3.44 Å². The number of carbonyl (C=O) groups excluding carboxylic acids is 3. The van der Waals surface area contributed by atoms with E-state index in [1.54, 1.807) is 59.5 Å². The maximum absolute atomic E-state index is 12.7. The number of benzene rings is 3. The number of nitrogens with zero attached hydrogens (tertiary/aromatic N) is 1. The van der Waals surface area contributed by atoms with Gasteiger partial charge in [0, 0.05) is 0 Å². The molecule has 0 aromatic heterocycles. The van der Waals surface area contributed by atoms with E-state index < -0.39 is 21.6 Å². The normalized spacial score (nSPS) is 10.7. The van der Waals surface area contributed by atoms with Crippen molar-refractivity contribution >= 4 is 38.7 Å². The molecule has 0 atom stereocenters. The van der Waals surface area contributed by atoms with Gasteiger partial charge in [-0.1, -0.05) is 36.4 Å². The van der Waals surface area contributed by atoms with Crippen molar-refractivity contribution in [3.63, 3.8) is 0 Å². The van der Waals surface area contributed by atoms with Crippen molar-refractivity contribution in [2.24, 2.45) is 0 Å². The van der Waals surface area contributed by atoms with Gasteiger partial charge in [0.15, 0.2) is 0 Å². The van der Waals surface area contributed by atoms with Gasteiger partial charge in [-0.2, -0.15) is 0 Å². The quantitative estimate of drug-likeness (QED) is 0.190. The number of nitrogens with one attached hydrogen (secondary N) is 2. The average molecular weight is 556 g/mol. The molecule has 0 heterocycles. The molecule has 0 bridgehead atoms. The molecule has 7 nitrogen and oxygen atoms in total. The van der Waals surface area contributed by atoms with Gasteiger partial charge < -0.3 is 0 Å². The molecule has 3 rings (SSSR count). The zero-order valence-corrected chi connectivity index (χ0v) is 19.8. The molecule has 0 aliphatic rings. The topological polar surface area (TPSA) is 98.7 Å². The Bertz CT molecular complexity index is 1050. The van der Waals surface area contributed by atoms with Crippen molar-refractivity contribution in [2.75, 3.05) is 28.6 Å². The molecule has 8 heteroatoms. The van der Waals surface area contributed by atoms with E-state index in [-0.39, 0.29) is 28.7 Å². The zero-order chi connectivity index (χ0) is 23.5. The van der Waals surface area contributed by atoms with E-state index in [9.17, 15) is 14.4 Å². The molecule has 0 radical (unpaired) electrons. The monoisotopic (exact) mass is 556 g/mol. The van der Waals surface area contributed by atoms with Gasteiger partial charge >= 0.3 is 143 Å². The molecule has 0 aliphatic carbocycles. The predicted octanol–water partition coefficient (Wildman–Crippen LogP) is 0.307. The third-order valence-electron chi connectivity index (χ3n) is 4.53. The van der Waals surface area contributed by atoms with Crippen LogP contribution in [0.15, 0.2) is 91.0 Å². The molecule has 0 spiro atoms. The Morgan fingerprint density at radius 3 is 1.70 bits per heavy atom. The number of rotatable bonds is 10. The van der Waals surface area contributed by atoms with Crippen LogP contribution < -0.4 is 37.2 Å². The van der Waals surface area contributed by atoms with Crippen LogP contribution in [0.5, 0.6) is 0 Å². The van der Waals surface area contributed by atoms with Crippen LogP contribution in [0.4, 0.5) is 17.1 Å². The minimum Gasteiger partial charge on any atom is -0.0621 e. The van der Waals surface area contributed by atoms with Gasteiger partial charge in [-0.05, 0) is 24.3 Å². The van der Waals surface area contributed by atoms with E-state index in [0.717, 1.165) is 5.56 Å². The first-order valence-corrected chi connectivity index (χ1v) is 12.1. The summed E-state index contributed by atoms with van der Waals surface area (Å²) in [5.74, 6) is -0.509. The van der Waals surface area contributed by atoms with Crippen LogP contribution in [-0.2, 0) is 14.4 Å². The third-order valence-corrected chi connectivity index (χ3v) is 5.37. The molecule has 0 aliphatic heterocycles. The van der Waals surface area contributed by atoms with Crippen LogP contribution in [0.25, 0.3) is 6.08 Å². The Hall–Kier alpha value is -3.50. The molecule has 2 amide bonds. The fourth-order valence-electron chi connectivity index (χ4n) is 3.02. The van der Waals surface area contributed by atoms with Crippen molar-refractivity contribution < 1.29 is 39.4 Å². The SMILES string of the molecule is O=C(CN(CC(=O)Nc1ccccc1)c1ccc(/C=C/C(=O)[I-]O)cc1)Nc1ccccc1. The number of allylic oxidation sites excluding steroid dienone is 1. The zero-order valence-electron chi connectivity index (χ0n) is 17.6. The van der Waals surface area contributed by atoms with Gasteiger partial charge in [0.25, 0.3) is 0 Å². The Labute approximate surface area is 202 Å². The number of carbonyl (C=O) groups is 3. The molecule has 0 unspecified atom stereocenters. The minimum absolute atomic E-state index is 0.0281. The van der Waals surface area contributed by atoms with Crippen LogP contribution >= 0.6 is 0 Å². The van der Waals surface area contributed by atoms with Crippen LogP contribution in [-0.4, -0.2) is 32.1 Å². The second-order valence-corrected chi connectivity index (χ2v) is 8.54. The van der Waals surface area contributed by atoms with Gasteiger partial charge in [-0.15, -0.1) is 0 Å². The molecule has 0 saturated carbocycles. The number of halogens is 1. The second-order valence-electron chi connectivity index (χ2n) is 7.00. The van der Waals surface area contributed by atoms with Crippen LogP contribution in [0.3, 0.4) is 0 Å². The summed E-state index contributed by atoms with van der Waals surface area (Å²) in [6.07, 6.45) is 2.97. The summed E-state index contributed by atoms with van der Waals surface area (Å²) in [6.45, 7) is -0.0561. The molecular formula is C25H23IN3O4-. The van der Waals surface area contributed by atoms with Gasteiger partial charge in [-0.3, -0.25) is 0 Å². The first kappa shape index (κ1) is 24.1. The second kappa shape index (κ2) is 12.5. The van der Waals surface area contributed by atoms with Crippen molar-refractivity contribution in [1.82, 2.24) is 0 Å². The fourth-order valence-corrected chi connectivity index (χ4v) is 3.36. The maximum atomic E-state index is 12.7. The summed E-state index contributed by atoms with van der Waals surface area (Å²) in [7, 11) is 0. The number of para-hydroxylation sites is 2. The van der Waals surface area contributed by atoms with E-state index >= 15 is 0 Å². The Kier molecular flexibility index (Phi) is 9.16. The molecule has 0 saturated heterocycles.